The lowest BCUT2D eigenvalue weighted by Gasteiger charge is -2.45. The minimum absolute atomic E-state index is 0.0299. The molecule has 5 aromatic rings. The summed E-state index contributed by atoms with van der Waals surface area (Å²) in [5.41, 5.74) is 2.77. The normalized spacial score (nSPS) is 17.5. The summed E-state index contributed by atoms with van der Waals surface area (Å²) in [5, 5.41) is 5.98. The molecule has 4 heterocycles. The van der Waals surface area contributed by atoms with Crippen LogP contribution in [-0.2, 0) is 0 Å². The molecular formula is C27H22B3F2N7O2. The zero-order valence-electron chi connectivity index (χ0n) is 22.0. The highest BCUT2D eigenvalue weighted by atomic mass is 19.3. The van der Waals surface area contributed by atoms with E-state index in [1.165, 1.54) is 12.7 Å². The molecular weight excluding hydrogens is 525 g/mol. The Kier molecular flexibility index (Phi) is 6.81. The number of nitrogens with zero attached hydrogens (tertiary/aromatic N) is 6. The van der Waals surface area contributed by atoms with Crippen molar-refractivity contribution in [2.24, 2.45) is 0 Å². The average Bonchev–Trinajstić information content (AvgIpc) is 3.39. The van der Waals surface area contributed by atoms with Gasteiger partial charge in [-0.15, -0.1) is 0 Å². The van der Waals surface area contributed by atoms with Gasteiger partial charge in [0.15, 0.2) is 11.8 Å². The molecule has 0 aliphatic carbocycles. The Morgan fingerprint density at radius 1 is 1.02 bits per heavy atom. The largest absolute Gasteiger partial charge is 0.483 e. The van der Waals surface area contributed by atoms with Crippen molar-refractivity contribution in [3.05, 3.63) is 72.9 Å². The van der Waals surface area contributed by atoms with Crippen molar-refractivity contribution in [2.75, 3.05) is 18.4 Å². The molecule has 6 radical (unpaired) electrons. The van der Waals surface area contributed by atoms with Gasteiger partial charge in [0, 0.05) is 30.9 Å². The molecule has 1 fully saturated rings. The number of piperidine rings is 1. The van der Waals surface area contributed by atoms with E-state index in [-0.39, 0.29) is 18.7 Å². The number of aromatic nitrogens is 5. The summed E-state index contributed by atoms with van der Waals surface area (Å²) in [6.07, 6.45) is 3.19. The number of rotatable bonds is 7. The second kappa shape index (κ2) is 10.3. The van der Waals surface area contributed by atoms with E-state index in [4.69, 9.17) is 33.0 Å². The Bertz CT molecular complexity index is 1730. The molecule has 2 aromatic carbocycles. The Balaban J connectivity index is 1.24. The summed E-state index contributed by atoms with van der Waals surface area (Å²) in [6.45, 7) is 1.33. The molecule has 41 heavy (non-hydrogen) atoms. The lowest BCUT2D eigenvalue weighted by Crippen LogP contribution is -2.62. The Morgan fingerprint density at radius 2 is 1.88 bits per heavy atom. The minimum Gasteiger partial charge on any atom is -0.483 e. The van der Waals surface area contributed by atoms with Gasteiger partial charge in [0.1, 0.15) is 35.7 Å². The van der Waals surface area contributed by atoms with Crippen molar-refractivity contribution < 1.29 is 18.3 Å². The van der Waals surface area contributed by atoms with E-state index >= 15 is 8.78 Å². The molecule has 6 rings (SSSR count). The van der Waals surface area contributed by atoms with Gasteiger partial charge < -0.3 is 19.7 Å². The highest BCUT2D eigenvalue weighted by Gasteiger charge is 2.48. The maximum absolute atomic E-state index is 15.1. The van der Waals surface area contributed by atoms with Gasteiger partial charge in [-0.1, -0.05) is 11.3 Å². The fraction of sp³-hybridized carbons (Fsp3) is 0.259. The molecule has 1 N–H and O–H groups in total. The van der Waals surface area contributed by atoms with Crippen molar-refractivity contribution in [1.29, 1.82) is 0 Å². The second-order valence-corrected chi connectivity index (χ2v) is 9.97. The Morgan fingerprint density at radius 3 is 2.66 bits per heavy atom. The zero-order chi connectivity index (χ0) is 28.8. The van der Waals surface area contributed by atoms with Crippen LogP contribution in [0.5, 0.6) is 17.2 Å². The van der Waals surface area contributed by atoms with Crippen LogP contribution in [0.25, 0.3) is 16.6 Å². The number of ether oxygens (including phenoxy) is 2. The fourth-order valence-corrected chi connectivity index (χ4v) is 4.79. The number of anilines is 2. The van der Waals surface area contributed by atoms with Gasteiger partial charge in [0.05, 0.1) is 41.0 Å². The van der Waals surface area contributed by atoms with Gasteiger partial charge in [0.2, 0.25) is 0 Å². The number of aryl methyl sites for hydroxylation is 1. The second-order valence-electron chi connectivity index (χ2n) is 9.97. The third kappa shape index (κ3) is 5.56. The summed E-state index contributed by atoms with van der Waals surface area (Å²) in [5.74, 6) is -1.35. The molecule has 0 saturated carbocycles. The van der Waals surface area contributed by atoms with Crippen molar-refractivity contribution in [3.63, 3.8) is 0 Å². The van der Waals surface area contributed by atoms with Crippen LogP contribution in [0.15, 0.2) is 67.4 Å². The highest BCUT2D eigenvalue weighted by molar-refractivity contribution is 6.59. The summed E-state index contributed by atoms with van der Waals surface area (Å²) < 4.78 is 43.8. The minimum atomic E-state index is -3.25. The molecule has 0 bridgehead atoms. The number of pyridine rings is 1. The van der Waals surface area contributed by atoms with Gasteiger partial charge in [-0.2, -0.15) is 5.10 Å². The van der Waals surface area contributed by atoms with Crippen LogP contribution in [-0.4, -0.2) is 83.4 Å². The number of halogens is 2. The van der Waals surface area contributed by atoms with Crippen LogP contribution in [0.3, 0.4) is 0 Å². The predicted octanol–water partition coefficient (Wildman–Crippen LogP) is 3.72. The van der Waals surface area contributed by atoms with E-state index in [2.05, 4.69) is 25.4 Å². The number of benzene rings is 2. The Labute approximate surface area is 238 Å². The average molecular weight is 547 g/mol. The molecule has 200 valence electrons. The third-order valence-electron chi connectivity index (χ3n) is 6.89. The lowest BCUT2D eigenvalue weighted by atomic mass is 9.48. The fourth-order valence-electron chi connectivity index (χ4n) is 4.79. The van der Waals surface area contributed by atoms with Crippen LogP contribution in [0.4, 0.5) is 20.3 Å². The molecule has 1 aliphatic rings. The molecule has 3 aromatic heterocycles. The van der Waals surface area contributed by atoms with Gasteiger partial charge >= 0.3 is 0 Å². The van der Waals surface area contributed by atoms with Crippen LogP contribution in [0, 0.1) is 6.92 Å². The van der Waals surface area contributed by atoms with Gasteiger partial charge in [-0.3, -0.25) is 0 Å². The first-order chi connectivity index (χ1) is 19.6. The molecule has 1 atom stereocenters. The first-order valence-electron chi connectivity index (χ1n) is 12.8. The summed E-state index contributed by atoms with van der Waals surface area (Å²) >= 11 is 0. The molecule has 0 amide bonds. The number of likely N-dealkylation sites (tertiary alicyclic amines) is 1. The molecule has 1 unspecified atom stereocenters. The van der Waals surface area contributed by atoms with E-state index in [9.17, 15) is 0 Å². The first-order valence-corrected chi connectivity index (χ1v) is 12.8. The molecule has 14 heteroatoms. The van der Waals surface area contributed by atoms with Gasteiger partial charge in [-0.25, -0.2) is 28.2 Å². The molecule has 9 nitrogen and oxygen atoms in total. The van der Waals surface area contributed by atoms with Crippen LogP contribution in [0.2, 0.25) is 0 Å². The van der Waals surface area contributed by atoms with E-state index in [0.29, 0.717) is 39.6 Å². The third-order valence-corrected chi connectivity index (χ3v) is 6.89. The standard InChI is InChI=1S/C27H22B3F2N7O2/c1-16-11-17(5-6-20(16)40-18-7-10-39-23(12-18)34-15-36-39)37-25-24-19(33-14-35-25)3-2-4-21(24)41-22-8-9-38(27(28,29)30)13-26(22,31)32/h2-7,10-12,14-15,22H,8-9,13H2,1H3,(H,33,35,37). The van der Waals surface area contributed by atoms with Crippen molar-refractivity contribution >= 4 is 51.6 Å². The number of hydrogen-bond donors (Lipinski definition) is 1. The Hall–Kier alpha value is -4.19. The SMILES string of the molecule is [B]C([B])([B])N1CCC(Oc2cccc3ncnc(Nc4ccc(Oc5ccn6ncnc6c5)c(C)c4)c23)C(F)(F)C1. The smallest absolute Gasteiger partial charge is 0.296 e. The number of alkyl halides is 2. The summed E-state index contributed by atoms with van der Waals surface area (Å²) in [7, 11) is 16.9. The number of fused-ring (bicyclic) bond motifs is 2. The lowest BCUT2D eigenvalue weighted by molar-refractivity contribution is -0.140. The summed E-state index contributed by atoms with van der Waals surface area (Å²) in [4.78, 5) is 14.0. The monoisotopic (exact) mass is 547 g/mol. The van der Waals surface area contributed by atoms with Crippen LogP contribution < -0.4 is 14.8 Å². The maximum atomic E-state index is 15.1. The predicted molar refractivity (Wildman–Crippen MR) is 153 cm³/mol. The number of hydrogen-bond acceptors (Lipinski definition) is 8. The first kappa shape index (κ1) is 27.0. The number of nitrogens with one attached hydrogen (secondary N) is 1. The van der Waals surface area contributed by atoms with Gasteiger partial charge in [0.25, 0.3) is 5.92 Å². The molecule has 1 saturated heterocycles. The van der Waals surface area contributed by atoms with E-state index < -0.39 is 23.8 Å². The summed E-state index contributed by atoms with van der Waals surface area (Å²) in [6, 6.07) is 14.2. The van der Waals surface area contributed by atoms with E-state index in [1.54, 1.807) is 41.0 Å². The maximum Gasteiger partial charge on any atom is 0.296 e. The van der Waals surface area contributed by atoms with Crippen molar-refractivity contribution in [1.82, 2.24) is 29.5 Å². The highest BCUT2D eigenvalue weighted by Crippen LogP contribution is 2.38. The van der Waals surface area contributed by atoms with E-state index in [1.807, 2.05) is 25.1 Å². The van der Waals surface area contributed by atoms with Crippen LogP contribution in [0.1, 0.15) is 12.0 Å². The van der Waals surface area contributed by atoms with Crippen LogP contribution >= 0.6 is 0 Å². The molecule has 1 aliphatic heterocycles. The zero-order valence-corrected chi connectivity index (χ0v) is 22.0. The van der Waals surface area contributed by atoms with Crippen molar-refractivity contribution in [2.45, 2.75) is 30.6 Å². The van der Waals surface area contributed by atoms with Crippen molar-refractivity contribution in [3.8, 4) is 17.2 Å². The van der Waals surface area contributed by atoms with Gasteiger partial charge in [-0.05, 0) is 48.9 Å². The quantitative estimate of drug-likeness (QED) is 0.309. The van der Waals surface area contributed by atoms with E-state index in [0.717, 1.165) is 10.5 Å². The molecule has 0 spiro atoms. The topological polar surface area (TPSA) is 89.7 Å².